The van der Waals surface area contributed by atoms with Crippen molar-refractivity contribution in [2.24, 2.45) is 0 Å². The van der Waals surface area contributed by atoms with E-state index in [-0.39, 0.29) is 12.6 Å². The molecule has 2 atom stereocenters. The van der Waals surface area contributed by atoms with Crippen molar-refractivity contribution < 1.29 is 9.13 Å². The first kappa shape index (κ1) is 12.0. The van der Waals surface area contributed by atoms with Crippen LogP contribution in [-0.2, 0) is 4.74 Å². The number of nitrogen functional groups attached to an aromatic ring is 1. The molecular formula is C11H17FN4O. The van der Waals surface area contributed by atoms with Crippen LogP contribution in [-0.4, -0.2) is 41.9 Å². The van der Waals surface area contributed by atoms with Crippen molar-refractivity contribution in [1.82, 2.24) is 9.97 Å². The number of halogens is 1. The van der Waals surface area contributed by atoms with Crippen LogP contribution in [0.4, 0.5) is 16.2 Å². The molecule has 1 aromatic heterocycles. The molecule has 6 heteroatoms. The van der Waals surface area contributed by atoms with Crippen LogP contribution >= 0.6 is 0 Å². The molecule has 2 N–H and O–H groups in total. The first-order valence-corrected chi connectivity index (χ1v) is 5.58. The second-order valence-corrected chi connectivity index (χ2v) is 4.49. The van der Waals surface area contributed by atoms with Crippen LogP contribution in [0.15, 0.2) is 12.3 Å². The molecule has 0 saturated carbocycles. The summed E-state index contributed by atoms with van der Waals surface area (Å²) >= 11 is 0. The molecule has 0 radical (unpaired) electrons. The molecule has 0 spiro atoms. The Morgan fingerprint density at radius 2 is 2.41 bits per heavy atom. The van der Waals surface area contributed by atoms with Gasteiger partial charge in [-0.15, -0.1) is 0 Å². The van der Waals surface area contributed by atoms with Gasteiger partial charge in [0.15, 0.2) is 5.67 Å². The molecule has 1 aromatic rings. The molecule has 1 saturated heterocycles. The highest BCUT2D eigenvalue weighted by molar-refractivity contribution is 5.38. The van der Waals surface area contributed by atoms with Crippen molar-refractivity contribution >= 4 is 11.8 Å². The Bertz CT molecular complexity index is 399. The second kappa shape index (κ2) is 4.44. The van der Waals surface area contributed by atoms with Gasteiger partial charge in [0.1, 0.15) is 5.82 Å². The number of piperidine rings is 1. The van der Waals surface area contributed by atoms with Crippen molar-refractivity contribution in [2.45, 2.75) is 25.1 Å². The molecule has 2 heterocycles. The highest BCUT2D eigenvalue weighted by Crippen LogP contribution is 2.29. The zero-order valence-electron chi connectivity index (χ0n) is 10.1. The lowest BCUT2D eigenvalue weighted by atomic mass is 9.93. The Morgan fingerprint density at radius 3 is 3.00 bits per heavy atom. The van der Waals surface area contributed by atoms with Gasteiger partial charge in [0, 0.05) is 19.9 Å². The van der Waals surface area contributed by atoms with Crippen molar-refractivity contribution in [1.29, 1.82) is 0 Å². The molecule has 0 aliphatic carbocycles. The molecule has 0 unspecified atom stereocenters. The van der Waals surface area contributed by atoms with E-state index >= 15 is 0 Å². The van der Waals surface area contributed by atoms with Crippen LogP contribution in [0, 0.1) is 0 Å². The molecular weight excluding hydrogens is 223 g/mol. The first-order valence-electron chi connectivity index (χ1n) is 5.58. The Balaban J connectivity index is 2.15. The number of nitrogens with zero attached hydrogens (tertiary/aromatic N) is 3. The number of anilines is 2. The van der Waals surface area contributed by atoms with Gasteiger partial charge in [-0.05, 0) is 19.4 Å². The van der Waals surface area contributed by atoms with E-state index in [0.717, 1.165) is 0 Å². The van der Waals surface area contributed by atoms with Gasteiger partial charge in [0.2, 0.25) is 5.95 Å². The molecule has 1 aliphatic heterocycles. The molecule has 0 aromatic carbocycles. The molecule has 5 nitrogen and oxygen atoms in total. The second-order valence-electron chi connectivity index (χ2n) is 4.49. The van der Waals surface area contributed by atoms with Gasteiger partial charge in [-0.1, -0.05) is 0 Å². The summed E-state index contributed by atoms with van der Waals surface area (Å²) in [6, 6.07) is 1.61. The predicted octanol–water partition coefficient (Wildman–Crippen LogP) is 1.01. The Labute approximate surface area is 99.8 Å². The molecule has 0 amide bonds. The fourth-order valence-electron chi connectivity index (χ4n) is 2.18. The Morgan fingerprint density at radius 1 is 1.65 bits per heavy atom. The van der Waals surface area contributed by atoms with Gasteiger partial charge in [-0.2, -0.15) is 4.98 Å². The normalized spacial score (nSPS) is 29.4. The maximum Gasteiger partial charge on any atom is 0.227 e. The van der Waals surface area contributed by atoms with Gasteiger partial charge in [-0.25, -0.2) is 9.37 Å². The Kier molecular flexibility index (Phi) is 3.15. The van der Waals surface area contributed by atoms with Crippen LogP contribution in [0.25, 0.3) is 0 Å². The lowest BCUT2D eigenvalue weighted by Crippen LogP contribution is -2.53. The van der Waals surface area contributed by atoms with Crippen molar-refractivity contribution in [3.05, 3.63) is 12.3 Å². The van der Waals surface area contributed by atoms with Crippen molar-refractivity contribution in [3.8, 4) is 0 Å². The number of hydrogen-bond donors (Lipinski definition) is 1. The molecule has 17 heavy (non-hydrogen) atoms. The fourth-order valence-corrected chi connectivity index (χ4v) is 2.18. The number of nitrogens with two attached hydrogens (primary N) is 1. The molecule has 2 rings (SSSR count). The number of aromatic nitrogens is 2. The maximum absolute atomic E-state index is 14.3. The monoisotopic (exact) mass is 240 g/mol. The fraction of sp³-hybridized carbons (Fsp3) is 0.636. The summed E-state index contributed by atoms with van der Waals surface area (Å²) in [5.74, 6) is 0.868. The Hall–Kier alpha value is -1.43. The summed E-state index contributed by atoms with van der Waals surface area (Å²) in [4.78, 5) is 10.0. The zero-order valence-corrected chi connectivity index (χ0v) is 10.1. The van der Waals surface area contributed by atoms with E-state index < -0.39 is 5.67 Å². The minimum atomic E-state index is -1.40. The number of rotatable bonds is 2. The van der Waals surface area contributed by atoms with Crippen LogP contribution in [0.5, 0.6) is 0 Å². The SMILES string of the molecule is CO[C@H]1CCN(c2nccc(N)n2)C[C@]1(C)F. The lowest BCUT2D eigenvalue weighted by Gasteiger charge is -2.40. The standard InChI is InChI=1S/C11H17FN4O/c1-11(12)7-16(6-4-8(11)17-2)10-14-5-3-9(13)15-10/h3,5,8H,4,6-7H2,1-2H3,(H2,13,14,15)/t8-,11-/m0/s1. The summed E-state index contributed by atoms with van der Waals surface area (Å²) in [5, 5.41) is 0. The average Bonchev–Trinajstić information content (AvgIpc) is 2.27. The quantitative estimate of drug-likeness (QED) is 0.836. The predicted molar refractivity (Wildman–Crippen MR) is 63.6 cm³/mol. The minimum Gasteiger partial charge on any atom is -0.384 e. The molecule has 1 aliphatic rings. The van der Waals surface area contributed by atoms with E-state index in [1.54, 1.807) is 24.1 Å². The number of ether oxygens (including phenoxy) is 1. The van der Waals surface area contributed by atoms with Crippen LogP contribution in [0.3, 0.4) is 0 Å². The van der Waals surface area contributed by atoms with E-state index in [1.807, 2.05) is 0 Å². The van der Waals surface area contributed by atoms with Crippen molar-refractivity contribution in [2.75, 3.05) is 30.8 Å². The third kappa shape index (κ3) is 2.46. The lowest BCUT2D eigenvalue weighted by molar-refractivity contribution is -0.0381. The summed E-state index contributed by atoms with van der Waals surface area (Å²) < 4.78 is 19.5. The summed E-state index contributed by atoms with van der Waals surface area (Å²) in [6.07, 6.45) is 1.82. The number of alkyl halides is 1. The van der Waals surface area contributed by atoms with Gasteiger partial charge in [-0.3, -0.25) is 0 Å². The van der Waals surface area contributed by atoms with Crippen LogP contribution in [0.2, 0.25) is 0 Å². The highest BCUT2D eigenvalue weighted by atomic mass is 19.1. The zero-order chi connectivity index (χ0) is 12.5. The smallest absolute Gasteiger partial charge is 0.227 e. The minimum absolute atomic E-state index is 0.217. The van der Waals surface area contributed by atoms with E-state index in [2.05, 4.69) is 9.97 Å². The van der Waals surface area contributed by atoms with Gasteiger partial charge >= 0.3 is 0 Å². The number of methoxy groups -OCH3 is 1. The topological polar surface area (TPSA) is 64.3 Å². The average molecular weight is 240 g/mol. The molecule has 94 valence electrons. The highest BCUT2D eigenvalue weighted by Gasteiger charge is 2.41. The number of hydrogen-bond acceptors (Lipinski definition) is 5. The molecule has 0 bridgehead atoms. The summed E-state index contributed by atoms with van der Waals surface area (Å²) in [7, 11) is 1.54. The van der Waals surface area contributed by atoms with E-state index in [9.17, 15) is 4.39 Å². The van der Waals surface area contributed by atoms with E-state index in [1.165, 1.54) is 7.11 Å². The first-order chi connectivity index (χ1) is 8.03. The summed E-state index contributed by atoms with van der Waals surface area (Å²) in [6.45, 7) is 2.43. The van der Waals surface area contributed by atoms with Crippen LogP contribution in [0.1, 0.15) is 13.3 Å². The van der Waals surface area contributed by atoms with Gasteiger partial charge < -0.3 is 15.4 Å². The van der Waals surface area contributed by atoms with Gasteiger partial charge in [0.25, 0.3) is 0 Å². The van der Waals surface area contributed by atoms with Crippen molar-refractivity contribution in [3.63, 3.8) is 0 Å². The maximum atomic E-state index is 14.3. The third-order valence-electron chi connectivity index (χ3n) is 3.06. The van der Waals surface area contributed by atoms with Gasteiger partial charge in [0.05, 0.1) is 12.6 Å². The molecule has 1 fully saturated rings. The summed E-state index contributed by atoms with van der Waals surface area (Å²) in [5.41, 5.74) is 4.19. The van der Waals surface area contributed by atoms with Crippen LogP contribution < -0.4 is 10.6 Å². The van der Waals surface area contributed by atoms with E-state index in [4.69, 9.17) is 10.5 Å². The van der Waals surface area contributed by atoms with E-state index in [0.29, 0.717) is 24.7 Å². The largest absolute Gasteiger partial charge is 0.384 e. The third-order valence-corrected chi connectivity index (χ3v) is 3.06.